The van der Waals surface area contributed by atoms with E-state index in [2.05, 4.69) is 15.9 Å². The maximum Gasteiger partial charge on any atom is 0.185 e. The van der Waals surface area contributed by atoms with Crippen LogP contribution in [0.1, 0.15) is 36.9 Å². The molecule has 0 atom stereocenters. The third-order valence-electron chi connectivity index (χ3n) is 2.90. The SMILES string of the molecule is CC(C)(C)c1cc(F)c(-c2ccc(C=O)o2)c(Br)c1. The molecule has 2 rings (SSSR count). The molecule has 0 aliphatic heterocycles. The van der Waals surface area contributed by atoms with Crippen LogP contribution in [0.15, 0.2) is 33.2 Å². The normalized spacial score (nSPS) is 11.6. The molecule has 1 aromatic carbocycles. The van der Waals surface area contributed by atoms with Gasteiger partial charge in [-0.2, -0.15) is 0 Å². The van der Waals surface area contributed by atoms with E-state index in [0.717, 1.165) is 5.56 Å². The molecule has 0 radical (unpaired) electrons. The minimum atomic E-state index is -0.369. The summed E-state index contributed by atoms with van der Waals surface area (Å²) in [6, 6.07) is 6.49. The maximum absolute atomic E-state index is 14.3. The van der Waals surface area contributed by atoms with E-state index in [4.69, 9.17) is 4.42 Å². The third kappa shape index (κ3) is 2.78. The molecule has 1 aromatic heterocycles. The standard InChI is InChI=1S/C15H14BrFO2/c1-15(2,3)9-6-11(16)14(12(17)7-9)13-5-4-10(8-18)19-13/h4-8H,1-3H3. The molecule has 2 aromatic rings. The molecule has 0 N–H and O–H groups in total. The Morgan fingerprint density at radius 1 is 1.26 bits per heavy atom. The van der Waals surface area contributed by atoms with E-state index in [9.17, 15) is 9.18 Å². The van der Waals surface area contributed by atoms with Crippen LogP contribution in [-0.2, 0) is 5.41 Å². The molecule has 0 aliphatic carbocycles. The van der Waals surface area contributed by atoms with Gasteiger partial charge in [0.1, 0.15) is 11.6 Å². The van der Waals surface area contributed by atoms with E-state index in [1.165, 1.54) is 12.1 Å². The van der Waals surface area contributed by atoms with E-state index in [0.29, 0.717) is 22.1 Å². The fourth-order valence-electron chi connectivity index (χ4n) is 1.79. The second kappa shape index (κ2) is 4.93. The lowest BCUT2D eigenvalue weighted by molar-refractivity contribution is 0.110. The Morgan fingerprint density at radius 2 is 1.95 bits per heavy atom. The topological polar surface area (TPSA) is 30.2 Å². The van der Waals surface area contributed by atoms with Crippen molar-refractivity contribution < 1.29 is 13.6 Å². The van der Waals surface area contributed by atoms with Crippen LogP contribution in [0.5, 0.6) is 0 Å². The second-order valence-corrected chi connectivity index (χ2v) is 6.24. The molecular formula is C15H14BrFO2. The lowest BCUT2D eigenvalue weighted by atomic mass is 9.86. The predicted molar refractivity (Wildman–Crippen MR) is 75.9 cm³/mol. The molecule has 0 saturated carbocycles. The smallest absolute Gasteiger partial charge is 0.185 e. The Bertz CT molecular complexity index is 600. The highest BCUT2D eigenvalue weighted by molar-refractivity contribution is 9.10. The summed E-state index contributed by atoms with van der Waals surface area (Å²) in [5.74, 6) is 0.152. The van der Waals surface area contributed by atoms with Crippen LogP contribution in [0.4, 0.5) is 4.39 Å². The lowest BCUT2D eigenvalue weighted by Crippen LogP contribution is -2.11. The van der Waals surface area contributed by atoms with Gasteiger partial charge in [0.15, 0.2) is 12.0 Å². The van der Waals surface area contributed by atoms with Gasteiger partial charge in [0, 0.05) is 4.47 Å². The zero-order valence-electron chi connectivity index (χ0n) is 11.0. The van der Waals surface area contributed by atoms with E-state index >= 15 is 0 Å². The highest BCUT2D eigenvalue weighted by Crippen LogP contribution is 2.36. The first kappa shape index (κ1) is 14.0. The molecule has 2 nitrogen and oxygen atoms in total. The van der Waals surface area contributed by atoms with E-state index in [1.807, 2.05) is 26.8 Å². The van der Waals surface area contributed by atoms with Crippen molar-refractivity contribution in [1.82, 2.24) is 0 Å². The van der Waals surface area contributed by atoms with Gasteiger partial charge in [-0.15, -0.1) is 0 Å². The lowest BCUT2D eigenvalue weighted by Gasteiger charge is -2.20. The Hall–Kier alpha value is -1.42. The van der Waals surface area contributed by atoms with Crippen molar-refractivity contribution in [3.05, 3.63) is 45.9 Å². The van der Waals surface area contributed by atoms with Gasteiger partial charge in [-0.1, -0.05) is 20.8 Å². The summed E-state index contributed by atoms with van der Waals surface area (Å²) in [7, 11) is 0. The van der Waals surface area contributed by atoms with Gasteiger partial charge in [0.25, 0.3) is 0 Å². The summed E-state index contributed by atoms with van der Waals surface area (Å²) in [5, 5.41) is 0. The third-order valence-corrected chi connectivity index (χ3v) is 3.52. The molecule has 0 aliphatic rings. The Morgan fingerprint density at radius 3 is 2.42 bits per heavy atom. The van der Waals surface area contributed by atoms with Crippen LogP contribution >= 0.6 is 15.9 Å². The first-order chi connectivity index (χ1) is 8.82. The number of carbonyl (C=O) groups is 1. The molecule has 0 fully saturated rings. The van der Waals surface area contributed by atoms with Crippen LogP contribution in [0.2, 0.25) is 0 Å². The largest absolute Gasteiger partial charge is 0.453 e. The molecule has 100 valence electrons. The van der Waals surface area contributed by atoms with Gasteiger partial charge in [-0.3, -0.25) is 4.79 Å². The number of halogens is 2. The Labute approximate surface area is 119 Å². The van der Waals surface area contributed by atoms with Gasteiger partial charge in [0.05, 0.1) is 5.56 Å². The zero-order valence-corrected chi connectivity index (χ0v) is 12.5. The van der Waals surface area contributed by atoms with Crippen LogP contribution in [0, 0.1) is 5.82 Å². The van der Waals surface area contributed by atoms with Crippen molar-refractivity contribution >= 4 is 22.2 Å². The summed E-state index contributed by atoms with van der Waals surface area (Å²) in [5.41, 5.74) is 1.09. The van der Waals surface area contributed by atoms with Crippen molar-refractivity contribution in [2.45, 2.75) is 26.2 Å². The van der Waals surface area contributed by atoms with Crippen molar-refractivity contribution in [2.75, 3.05) is 0 Å². The monoisotopic (exact) mass is 324 g/mol. The highest BCUT2D eigenvalue weighted by atomic mass is 79.9. The van der Waals surface area contributed by atoms with Gasteiger partial charge < -0.3 is 4.42 Å². The summed E-state index contributed by atoms with van der Waals surface area (Å²) in [4.78, 5) is 10.6. The Balaban J connectivity index is 2.56. The second-order valence-electron chi connectivity index (χ2n) is 5.38. The minimum Gasteiger partial charge on any atom is -0.453 e. The van der Waals surface area contributed by atoms with Crippen LogP contribution < -0.4 is 0 Å². The number of hydrogen-bond donors (Lipinski definition) is 0. The van der Waals surface area contributed by atoms with Crippen molar-refractivity contribution in [2.24, 2.45) is 0 Å². The van der Waals surface area contributed by atoms with Gasteiger partial charge in [-0.25, -0.2) is 4.39 Å². The summed E-state index contributed by atoms with van der Waals surface area (Å²) in [6.45, 7) is 6.06. The number of furan rings is 1. The molecule has 0 saturated heterocycles. The number of aldehydes is 1. The van der Waals surface area contributed by atoms with Crippen molar-refractivity contribution in [1.29, 1.82) is 0 Å². The van der Waals surface area contributed by atoms with Crippen molar-refractivity contribution in [3.63, 3.8) is 0 Å². The molecule has 0 unspecified atom stereocenters. The van der Waals surface area contributed by atoms with Crippen LogP contribution in [-0.4, -0.2) is 6.29 Å². The van der Waals surface area contributed by atoms with Gasteiger partial charge in [-0.05, 0) is 51.2 Å². The molecule has 1 heterocycles. The van der Waals surface area contributed by atoms with E-state index < -0.39 is 0 Å². The maximum atomic E-state index is 14.3. The molecule has 19 heavy (non-hydrogen) atoms. The fourth-order valence-corrected chi connectivity index (χ4v) is 2.42. The first-order valence-corrected chi connectivity index (χ1v) is 6.67. The van der Waals surface area contributed by atoms with Crippen LogP contribution in [0.3, 0.4) is 0 Å². The zero-order chi connectivity index (χ0) is 14.2. The average Bonchev–Trinajstić information content (AvgIpc) is 2.75. The summed E-state index contributed by atoms with van der Waals surface area (Å²) >= 11 is 3.37. The fraction of sp³-hybridized carbons (Fsp3) is 0.267. The minimum absolute atomic E-state index is 0.140. The summed E-state index contributed by atoms with van der Waals surface area (Å²) in [6.07, 6.45) is 0.596. The highest BCUT2D eigenvalue weighted by Gasteiger charge is 2.20. The van der Waals surface area contributed by atoms with Crippen LogP contribution in [0.25, 0.3) is 11.3 Å². The predicted octanol–water partition coefficient (Wildman–Crippen LogP) is 4.96. The molecule has 0 spiro atoms. The number of rotatable bonds is 2. The van der Waals surface area contributed by atoms with Gasteiger partial charge in [0.2, 0.25) is 0 Å². The van der Waals surface area contributed by atoms with E-state index in [-0.39, 0.29) is 17.0 Å². The Kier molecular flexibility index (Phi) is 3.63. The van der Waals surface area contributed by atoms with Gasteiger partial charge >= 0.3 is 0 Å². The molecular weight excluding hydrogens is 311 g/mol. The summed E-state index contributed by atoms with van der Waals surface area (Å²) < 4.78 is 20.1. The number of hydrogen-bond acceptors (Lipinski definition) is 2. The average molecular weight is 325 g/mol. The molecule has 0 bridgehead atoms. The number of benzene rings is 1. The molecule has 4 heteroatoms. The van der Waals surface area contributed by atoms with Crippen molar-refractivity contribution in [3.8, 4) is 11.3 Å². The molecule has 0 amide bonds. The first-order valence-electron chi connectivity index (χ1n) is 5.88. The van der Waals surface area contributed by atoms with E-state index in [1.54, 1.807) is 6.07 Å². The quantitative estimate of drug-likeness (QED) is 0.731. The number of carbonyl (C=O) groups excluding carboxylic acids is 1.